The summed E-state index contributed by atoms with van der Waals surface area (Å²) in [7, 11) is -4.99. The fourth-order valence-electron chi connectivity index (χ4n) is 4.11. The van der Waals surface area contributed by atoms with E-state index in [0.717, 1.165) is 23.9 Å². The lowest BCUT2D eigenvalue weighted by Crippen LogP contribution is -2.58. The quantitative estimate of drug-likeness (QED) is 0.0909. The van der Waals surface area contributed by atoms with Crippen LogP contribution in [-0.4, -0.2) is 73.5 Å². The maximum atomic E-state index is 13.6. The molecule has 4 amide bonds. The number of hydrogen-bond acceptors (Lipinski definition) is 8. The third-order valence-corrected chi connectivity index (χ3v) is 8.27. The Morgan fingerprint density at radius 1 is 0.886 bits per heavy atom. The average Bonchev–Trinajstić information content (AvgIpc) is 2.97. The van der Waals surface area contributed by atoms with Crippen molar-refractivity contribution >= 4 is 52.1 Å². The minimum atomic E-state index is -4.99. The van der Waals surface area contributed by atoms with Crippen molar-refractivity contribution in [3.63, 3.8) is 0 Å². The first-order chi connectivity index (χ1) is 20.7. The third-order valence-electron chi connectivity index (χ3n) is 6.37. The molecule has 2 aromatic rings. The number of halogens is 1. The van der Waals surface area contributed by atoms with E-state index >= 15 is 0 Å². The normalized spacial score (nSPS) is 14.0. The summed E-state index contributed by atoms with van der Waals surface area (Å²) >= 11 is 0.948. The second-order valence-corrected chi connectivity index (χ2v) is 12.8. The van der Waals surface area contributed by atoms with Gasteiger partial charge >= 0.3 is 16.2 Å². The molecule has 0 saturated heterocycles. The Hall–Kier alpha value is -3.98. The predicted molar refractivity (Wildman–Crippen MR) is 162 cm³/mol. The van der Waals surface area contributed by atoms with Crippen LogP contribution in [0, 0.1) is 5.92 Å². The molecule has 0 spiro atoms. The predicted octanol–water partition coefficient (Wildman–Crippen LogP) is 1.79. The van der Waals surface area contributed by atoms with E-state index in [9.17, 15) is 41.4 Å². The molecule has 0 radical (unpaired) electrons. The zero-order valence-electron chi connectivity index (χ0n) is 24.5. The number of carboxylic acid groups (broad SMARTS) is 1. The van der Waals surface area contributed by atoms with E-state index in [1.165, 1.54) is 12.1 Å². The van der Waals surface area contributed by atoms with E-state index < -0.39 is 63.0 Å². The summed E-state index contributed by atoms with van der Waals surface area (Å²) in [6.07, 6.45) is 0.698. The van der Waals surface area contributed by atoms with E-state index in [2.05, 4.69) is 21.3 Å². The standard InChI is InChI=1S/C29H37FN4O8S2/c1-4-22(31-17-35)26(36)34-25(16-43-20-11-8-12-21(15-20)44(30,41)42)28(38)32-23(14-19-9-6-5-7-10-19)27(37)33-24(29(39)40)13-18(2)3/h5-12,15,17-18,22-25H,4,13-14,16H2,1-3H3,(H,31,35)(H,32,38)(H,33,37)(H,34,36)(H,39,40)/t22?,23-,24?,25?/m0/s1. The van der Waals surface area contributed by atoms with Crippen LogP contribution in [0.5, 0.6) is 0 Å². The van der Waals surface area contributed by atoms with Gasteiger partial charge in [-0.15, -0.1) is 15.6 Å². The van der Waals surface area contributed by atoms with Gasteiger partial charge in [-0.3, -0.25) is 19.2 Å². The lowest BCUT2D eigenvalue weighted by atomic mass is 10.0. The summed E-state index contributed by atoms with van der Waals surface area (Å²) in [5, 5.41) is 19.6. The second kappa shape index (κ2) is 17.3. The summed E-state index contributed by atoms with van der Waals surface area (Å²) in [6, 6.07) is 8.94. The highest BCUT2D eigenvalue weighted by Gasteiger charge is 2.31. The third kappa shape index (κ3) is 12.0. The van der Waals surface area contributed by atoms with Crippen LogP contribution in [0.2, 0.25) is 0 Å². The van der Waals surface area contributed by atoms with Crippen LogP contribution in [0.1, 0.15) is 39.2 Å². The minimum Gasteiger partial charge on any atom is -0.480 e. The highest BCUT2D eigenvalue weighted by molar-refractivity contribution is 7.99. The maximum absolute atomic E-state index is 13.6. The van der Waals surface area contributed by atoms with Crippen molar-refractivity contribution in [2.24, 2.45) is 5.92 Å². The number of carbonyl (C=O) groups is 5. The van der Waals surface area contributed by atoms with E-state index in [1.54, 1.807) is 51.1 Å². The zero-order chi connectivity index (χ0) is 32.9. The van der Waals surface area contributed by atoms with E-state index in [1.807, 2.05) is 0 Å². The molecule has 0 fully saturated rings. The first-order valence-electron chi connectivity index (χ1n) is 13.8. The molecule has 5 N–H and O–H groups in total. The van der Waals surface area contributed by atoms with Crippen molar-refractivity contribution in [2.75, 3.05) is 5.75 Å². The topological polar surface area (TPSA) is 188 Å². The monoisotopic (exact) mass is 652 g/mol. The van der Waals surface area contributed by atoms with Crippen LogP contribution >= 0.6 is 11.8 Å². The zero-order valence-corrected chi connectivity index (χ0v) is 26.1. The molecule has 0 saturated carbocycles. The molecule has 0 heterocycles. The van der Waals surface area contributed by atoms with Crippen molar-refractivity contribution in [3.8, 4) is 0 Å². The largest absolute Gasteiger partial charge is 0.480 e. The molecular weight excluding hydrogens is 615 g/mol. The van der Waals surface area contributed by atoms with Crippen LogP contribution in [0.25, 0.3) is 0 Å². The molecule has 4 atom stereocenters. The number of carbonyl (C=O) groups excluding carboxylic acids is 4. The molecule has 44 heavy (non-hydrogen) atoms. The SMILES string of the molecule is CCC(NC=O)C(=O)NC(CSc1cccc(S(=O)(=O)F)c1)C(=O)N[C@@H](Cc1ccccc1)C(=O)NC(CC(C)C)C(=O)O. The van der Waals surface area contributed by atoms with Gasteiger partial charge in [-0.25, -0.2) is 4.79 Å². The summed E-state index contributed by atoms with van der Waals surface area (Å²) in [5.41, 5.74) is 0.670. The van der Waals surface area contributed by atoms with Gasteiger partial charge < -0.3 is 26.4 Å². The first-order valence-corrected chi connectivity index (χ1v) is 16.2. The molecular formula is C29H37FN4O8S2. The van der Waals surface area contributed by atoms with Gasteiger partial charge in [0, 0.05) is 17.1 Å². The highest BCUT2D eigenvalue weighted by atomic mass is 32.3. The van der Waals surface area contributed by atoms with Crippen molar-refractivity contribution in [1.29, 1.82) is 0 Å². The van der Waals surface area contributed by atoms with Crippen molar-refractivity contribution in [3.05, 3.63) is 60.2 Å². The molecule has 0 aliphatic rings. The highest BCUT2D eigenvalue weighted by Crippen LogP contribution is 2.23. The van der Waals surface area contributed by atoms with Crippen molar-refractivity contribution in [1.82, 2.24) is 21.3 Å². The fraction of sp³-hybridized carbons (Fsp3) is 0.414. The maximum Gasteiger partial charge on any atom is 0.332 e. The first kappa shape index (κ1) is 36.2. The van der Waals surface area contributed by atoms with Crippen LogP contribution in [0.3, 0.4) is 0 Å². The fourth-order valence-corrected chi connectivity index (χ4v) is 5.67. The molecule has 3 unspecified atom stereocenters. The number of thioether (sulfide) groups is 1. The molecule has 0 aliphatic carbocycles. The van der Waals surface area contributed by atoms with E-state index in [4.69, 9.17) is 0 Å². The number of rotatable bonds is 18. The Balaban J connectivity index is 2.37. The Kier molecular flexibility index (Phi) is 14.3. The lowest BCUT2D eigenvalue weighted by Gasteiger charge is -2.26. The number of hydrogen-bond donors (Lipinski definition) is 5. The number of aliphatic carboxylic acids is 1. The van der Waals surface area contributed by atoms with Crippen LogP contribution < -0.4 is 21.3 Å². The van der Waals surface area contributed by atoms with Gasteiger partial charge in [0.2, 0.25) is 24.1 Å². The second-order valence-electron chi connectivity index (χ2n) is 10.3. The van der Waals surface area contributed by atoms with Crippen LogP contribution in [-0.2, 0) is 40.6 Å². The number of benzene rings is 2. The Bertz CT molecular complexity index is 1410. The molecule has 0 aromatic heterocycles. The summed E-state index contributed by atoms with van der Waals surface area (Å²) in [4.78, 5) is 62.4. The number of carboxylic acids is 1. The molecule has 0 bridgehead atoms. The minimum absolute atomic E-state index is 0.000920. The molecule has 2 aromatic carbocycles. The van der Waals surface area contributed by atoms with Gasteiger partial charge in [-0.2, -0.15) is 8.42 Å². The number of amides is 4. The van der Waals surface area contributed by atoms with E-state index in [-0.39, 0.29) is 35.8 Å². The van der Waals surface area contributed by atoms with Crippen molar-refractivity contribution < 1.29 is 41.4 Å². The Labute approximate surface area is 260 Å². The summed E-state index contributed by atoms with van der Waals surface area (Å²) < 4.78 is 36.2. The van der Waals surface area contributed by atoms with Gasteiger partial charge in [0.1, 0.15) is 24.2 Å². The van der Waals surface area contributed by atoms with Crippen molar-refractivity contribution in [2.45, 2.75) is 74.0 Å². The Morgan fingerprint density at radius 2 is 1.48 bits per heavy atom. The number of nitrogens with one attached hydrogen (secondary N) is 4. The van der Waals surface area contributed by atoms with Gasteiger partial charge in [-0.1, -0.05) is 57.2 Å². The van der Waals surface area contributed by atoms with Gasteiger partial charge in [-0.05, 0) is 42.5 Å². The Morgan fingerprint density at radius 3 is 2.05 bits per heavy atom. The summed E-state index contributed by atoms with van der Waals surface area (Å²) in [6.45, 7) is 5.25. The van der Waals surface area contributed by atoms with Crippen LogP contribution in [0.15, 0.2) is 64.4 Å². The molecule has 15 heteroatoms. The molecule has 240 valence electrons. The molecule has 12 nitrogen and oxygen atoms in total. The van der Waals surface area contributed by atoms with Gasteiger partial charge in [0.15, 0.2) is 0 Å². The average molecular weight is 653 g/mol. The lowest BCUT2D eigenvalue weighted by molar-refractivity contribution is -0.142. The summed E-state index contributed by atoms with van der Waals surface area (Å²) in [5.74, 6) is -3.68. The van der Waals surface area contributed by atoms with Gasteiger partial charge in [0.25, 0.3) is 0 Å². The van der Waals surface area contributed by atoms with Crippen LogP contribution in [0.4, 0.5) is 3.89 Å². The smallest absolute Gasteiger partial charge is 0.332 e. The van der Waals surface area contributed by atoms with E-state index in [0.29, 0.717) is 12.0 Å². The van der Waals surface area contributed by atoms with Gasteiger partial charge in [0.05, 0.1) is 4.90 Å². The molecule has 0 aliphatic heterocycles. The molecule has 2 rings (SSSR count).